The molecule has 1 heterocycles. The highest BCUT2D eigenvalue weighted by Crippen LogP contribution is 2.24. The summed E-state index contributed by atoms with van der Waals surface area (Å²) < 4.78 is 0. The molecule has 18 heavy (non-hydrogen) atoms. The lowest BCUT2D eigenvalue weighted by atomic mass is 10.2. The van der Waals surface area contributed by atoms with E-state index in [9.17, 15) is 4.79 Å². The molecule has 4 nitrogen and oxygen atoms in total. The number of pyridine rings is 1. The fourth-order valence-corrected chi connectivity index (χ4v) is 1.78. The minimum Gasteiger partial charge on any atom is -0.382 e. The lowest BCUT2D eigenvalue weighted by molar-refractivity contribution is 0.0948. The SMILES string of the molecule is CCCCCNC(=O)c1cc(NC2CC2)ccn1. The third kappa shape index (κ3) is 4.02. The summed E-state index contributed by atoms with van der Waals surface area (Å²) in [4.78, 5) is 16.0. The Morgan fingerprint density at radius 1 is 1.44 bits per heavy atom. The molecule has 1 aliphatic carbocycles. The van der Waals surface area contributed by atoms with Gasteiger partial charge in [-0.25, -0.2) is 0 Å². The molecule has 1 fully saturated rings. The van der Waals surface area contributed by atoms with Gasteiger partial charge in [0.05, 0.1) is 0 Å². The zero-order chi connectivity index (χ0) is 12.8. The number of hydrogen-bond acceptors (Lipinski definition) is 3. The second kappa shape index (κ2) is 6.38. The minimum atomic E-state index is -0.0782. The fourth-order valence-electron chi connectivity index (χ4n) is 1.78. The summed E-state index contributed by atoms with van der Waals surface area (Å²) in [5.74, 6) is -0.0782. The van der Waals surface area contributed by atoms with E-state index >= 15 is 0 Å². The van der Waals surface area contributed by atoms with Gasteiger partial charge in [0.25, 0.3) is 5.91 Å². The number of nitrogens with zero attached hydrogens (tertiary/aromatic N) is 1. The average Bonchev–Trinajstić information content (AvgIpc) is 3.19. The van der Waals surface area contributed by atoms with Crippen LogP contribution in [0, 0.1) is 0 Å². The van der Waals surface area contributed by atoms with E-state index in [1.807, 2.05) is 12.1 Å². The summed E-state index contributed by atoms with van der Waals surface area (Å²) in [5.41, 5.74) is 1.49. The van der Waals surface area contributed by atoms with Crippen LogP contribution in [-0.4, -0.2) is 23.5 Å². The summed E-state index contributed by atoms with van der Waals surface area (Å²) in [5, 5.41) is 6.27. The summed E-state index contributed by atoms with van der Waals surface area (Å²) in [6.07, 6.45) is 7.47. The van der Waals surface area contributed by atoms with Crippen LogP contribution in [0.15, 0.2) is 18.3 Å². The van der Waals surface area contributed by atoms with Crippen LogP contribution in [0.1, 0.15) is 49.5 Å². The van der Waals surface area contributed by atoms with Gasteiger partial charge < -0.3 is 10.6 Å². The Balaban J connectivity index is 1.84. The third-order valence-corrected chi connectivity index (χ3v) is 3.01. The molecule has 2 rings (SSSR count). The van der Waals surface area contributed by atoms with Crippen LogP contribution in [0.4, 0.5) is 5.69 Å². The second-order valence-corrected chi connectivity index (χ2v) is 4.81. The lowest BCUT2D eigenvalue weighted by Gasteiger charge is -2.07. The first kappa shape index (κ1) is 12.9. The van der Waals surface area contributed by atoms with Gasteiger partial charge in [-0.3, -0.25) is 9.78 Å². The maximum atomic E-state index is 11.9. The predicted molar refractivity (Wildman–Crippen MR) is 72.7 cm³/mol. The van der Waals surface area contributed by atoms with Gasteiger partial charge >= 0.3 is 0 Å². The molecule has 0 unspecified atom stereocenters. The molecular formula is C14H21N3O. The van der Waals surface area contributed by atoms with Crippen molar-refractivity contribution in [1.82, 2.24) is 10.3 Å². The number of carbonyl (C=O) groups excluding carboxylic acids is 1. The largest absolute Gasteiger partial charge is 0.382 e. The Bertz CT molecular complexity index is 402. The first-order valence-corrected chi connectivity index (χ1v) is 6.80. The van der Waals surface area contributed by atoms with Crippen molar-refractivity contribution in [2.75, 3.05) is 11.9 Å². The van der Waals surface area contributed by atoms with Crippen LogP contribution >= 0.6 is 0 Å². The van der Waals surface area contributed by atoms with Crippen LogP contribution in [0.25, 0.3) is 0 Å². The lowest BCUT2D eigenvalue weighted by Crippen LogP contribution is -2.25. The molecule has 1 aliphatic rings. The molecule has 1 amide bonds. The van der Waals surface area contributed by atoms with Crippen LogP contribution in [0.5, 0.6) is 0 Å². The Labute approximate surface area is 108 Å². The van der Waals surface area contributed by atoms with E-state index in [1.165, 1.54) is 12.8 Å². The molecule has 1 aromatic heterocycles. The van der Waals surface area contributed by atoms with Gasteiger partial charge in [0.15, 0.2) is 0 Å². The zero-order valence-corrected chi connectivity index (χ0v) is 10.9. The van der Waals surface area contributed by atoms with Crippen molar-refractivity contribution in [2.24, 2.45) is 0 Å². The van der Waals surface area contributed by atoms with E-state index in [0.717, 1.165) is 31.5 Å². The quantitative estimate of drug-likeness (QED) is 0.728. The first-order chi connectivity index (χ1) is 8.79. The Morgan fingerprint density at radius 2 is 2.28 bits per heavy atom. The number of rotatable bonds is 7. The van der Waals surface area contributed by atoms with E-state index in [-0.39, 0.29) is 5.91 Å². The number of carbonyl (C=O) groups is 1. The number of hydrogen-bond donors (Lipinski definition) is 2. The van der Waals surface area contributed by atoms with Gasteiger partial charge in [0, 0.05) is 24.5 Å². The van der Waals surface area contributed by atoms with Gasteiger partial charge in [-0.05, 0) is 31.4 Å². The van der Waals surface area contributed by atoms with Crippen molar-refractivity contribution in [3.8, 4) is 0 Å². The maximum Gasteiger partial charge on any atom is 0.269 e. The van der Waals surface area contributed by atoms with Gasteiger partial charge in [-0.2, -0.15) is 0 Å². The monoisotopic (exact) mass is 247 g/mol. The molecule has 0 saturated heterocycles. The van der Waals surface area contributed by atoms with Crippen molar-refractivity contribution in [3.05, 3.63) is 24.0 Å². The van der Waals surface area contributed by atoms with Crippen LogP contribution in [0.2, 0.25) is 0 Å². The number of unbranched alkanes of at least 4 members (excludes halogenated alkanes) is 2. The van der Waals surface area contributed by atoms with Crippen LogP contribution in [0.3, 0.4) is 0 Å². The van der Waals surface area contributed by atoms with E-state index < -0.39 is 0 Å². The molecule has 1 saturated carbocycles. The fraction of sp³-hybridized carbons (Fsp3) is 0.571. The normalized spacial score (nSPS) is 14.3. The highest BCUT2D eigenvalue weighted by Gasteiger charge is 2.21. The van der Waals surface area contributed by atoms with E-state index in [4.69, 9.17) is 0 Å². The van der Waals surface area contributed by atoms with Crippen LogP contribution in [-0.2, 0) is 0 Å². The molecule has 98 valence electrons. The van der Waals surface area contributed by atoms with Crippen molar-refractivity contribution >= 4 is 11.6 Å². The van der Waals surface area contributed by atoms with Crippen molar-refractivity contribution in [2.45, 2.75) is 45.1 Å². The van der Waals surface area contributed by atoms with Crippen molar-refractivity contribution in [3.63, 3.8) is 0 Å². The molecule has 1 aromatic rings. The van der Waals surface area contributed by atoms with E-state index in [2.05, 4.69) is 22.5 Å². The number of aromatic nitrogens is 1. The number of amides is 1. The Kier molecular flexibility index (Phi) is 4.56. The molecule has 4 heteroatoms. The Morgan fingerprint density at radius 3 is 3.00 bits per heavy atom. The standard InChI is InChI=1S/C14H21N3O/c1-2-3-4-8-16-14(18)13-10-12(7-9-15-13)17-11-5-6-11/h7,9-11H,2-6,8H2,1H3,(H,15,17)(H,16,18). The maximum absolute atomic E-state index is 11.9. The molecular weight excluding hydrogens is 226 g/mol. The van der Waals surface area contributed by atoms with Gasteiger partial charge in [0.2, 0.25) is 0 Å². The van der Waals surface area contributed by atoms with Gasteiger partial charge in [0.1, 0.15) is 5.69 Å². The summed E-state index contributed by atoms with van der Waals surface area (Å²) >= 11 is 0. The second-order valence-electron chi connectivity index (χ2n) is 4.81. The topological polar surface area (TPSA) is 54.0 Å². The molecule has 0 atom stereocenters. The van der Waals surface area contributed by atoms with Crippen LogP contribution < -0.4 is 10.6 Å². The van der Waals surface area contributed by atoms with E-state index in [0.29, 0.717) is 11.7 Å². The molecule has 0 aromatic carbocycles. The van der Waals surface area contributed by atoms with Gasteiger partial charge in [-0.15, -0.1) is 0 Å². The molecule has 0 spiro atoms. The van der Waals surface area contributed by atoms with E-state index in [1.54, 1.807) is 6.20 Å². The minimum absolute atomic E-state index is 0.0782. The highest BCUT2D eigenvalue weighted by atomic mass is 16.1. The molecule has 0 radical (unpaired) electrons. The van der Waals surface area contributed by atoms with Crippen molar-refractivity contribution in [1.29, 1.82) is 0 Å². The first-order valence-electron chi connectivity index (χ1n) is 6.80. The molecule has 2 N–H and O–H groups in total. The zero-order valence-electron chi connectivity index (χ0n) is 10.9. The molecule has 0 aliphatic heterocycles. The smallest absolute Gasteiger partial charge is 0.269 e. The summed E-state index contributed by atoms with van der Waals surface area (Å²) in [6.45, 7) is 2.88. The average molecular weight is 247 g/mol. The predicted octanol–water partition coefficient (Wildman–Crippen LogP) is 2.58. The molecule has 0 bridgehead atoms. The third-order valence-electron chi connectivity index (χ3n) is 3.01. The number of nitrogens with one attached hydrogen (secondary N) is 2. The van der Waals surface area contributed by atoms with Gasteiger partial charge in [-0.1, -0.05) is 19.8 Å². The summed E-state index contributed by atoms with van der Waals surface area (Å²) in [6, 6.07) is 4.33. The van der Waals surface area contributed by atoms with Crippen molar-refractivity contribution < 1.29 is 4.79 Å². The number of anilines is 1. The highest BCUT2D eigenvalue weighted by molar-refractivity contribution is 5.93. The Hall–Kier alpha value is -1.58. The summed E-state index contributed by atoms with van der Waals surface area (Å²) in [7, 11) is 0.